The van der Waals surface area contributed by atoms with Gasteiger partial charge in [0, 0.05) is 12.1 Å². The van der Waals surface area contributed by atoms with Crippen LogP contribution in [0.5, 0.6) is 0 Å². The SMILES string of the molecule is O=C(Nc1ccnn1C1CCCCC1)Nc1ccnn1C1CCCCC1. The zero-order valence-corrected chi connectivity index (χ0v) is 15.2. The molecule has 0 aromatic carbocycles. The molecule has 26 heavy (non-hydrogen) atoms. The highest BCUT2D eigenvalue weighted by Gasteiger charge is 2.21. The van der Waals surface area contributed by atoms with E-state index < -0.39 is 0 Å². The number of aromatic nitrogens is 4. The summed E-state index contributed by atoms with van der Waals surface area (Å²) in [7, 11) is 0. The van der Waals surface area contributed by atoms with Crippen molar-refractivity contribution >= 4 is 17.7 Å². The highest BCUT2D eigenvalue weighted by Crippen LogP contribution is 2.31. The molecule has 2 aromatic rings. The molecule has 0 radical (unpaired) electrons. The van der Waals surface area contributed by atoms with Crippen LogP contribution in [0.2, 0.25) is 0 Å². The molecule has 0 saturated heterocycles. The van der Waals surface area contributed by atoms with Crippen molar-refractivity contribution < 1.29 is 4.79 Å². The first-order chi connectivity index (χ1) is 12.8. The van der Waals surface area contributed by atoms with Crippen molar-refractivity contribution in [1.29, 1.82) is 0 Å². The van der Waals surface area contributed by atoms with Crippen LogP contribution < -0.4 is 10.6 Å². The monoisotopic (exact) mass is 356 g/mol. The van der Waals surface area contributed by atoms with Gasteiger partial charge in [0.15, 0.2) is 0 Å². The number of hydrogen-bond donors (Lipinski definition) is 2. The third-order valence-electron chi connectivity index (χ3n) is 5.66. The minimum atomic E-state index is -0.236. The lowest BCUT2D eigenvalue weighted by Gasteiger charge is -2.25. The van der Waals surface area contributed by atoms with Crippen LogP contribution in [-0.4, -0.2) is 25.6 Å². The van der Waals surface area contributed by atoms with Gasteiger partial charge in [-0.25, -0.2) is 14.2 Å². The number of urea groups is 1. The second-order valence-electron chi connectivity index (χ2n) is 7.48. The highest BCUT2D eigenvalue weighted by atomic mass is 16.2. The van der Waals surface area contributed by atoms with Gasteiger partial charge in [0.1, 0.15) is 11.6 Å². The summed E-state index contributed by atoms with van der Waals surface area (Å²) in [6.45, 7) is 0. The summed E-state index contributed by atoms with van der Waals surface area (Å²) in [5.41, 5.74) is 0. The van der Waals surface area contributed by atoms with Gasteiger partial charge in [-0.1, -0.05) is 38.5 Å². The summed E-state index contributed by atoms with van der Waals surface area (Å²) in [6.07, 6.45) is 15.6. The molecule has 2 fully saturated rings. The van der Waals surface area contributed by atoms with Gasteiger partial charge in [-0.05, 0) is 25.7 Å². The number of rotatable bonds is 4. The quantitative estimate of drug-likeness (QED) is 0.831. The van der Waals surface area contributed by atoms with Crippen molar-refractivity contribution in [3.63, 3.8) is 0 Å². The van der Waals surface area contributed by atoms with Crippen LogP contribution in [0.1, 0.15) is 76.3 Å². The number of anilines is 2. The number of hydrogen-bond acceptors (Lipinski definition) is 3. The molecule has 2 aliphatic carbocycles. The van der Waals surface area contributed by atoms with Gasteiger partial charge < -0.3 is 0 Å². The molecular formula is C19H28N6O. The average Bonchev–Trinajstić information content (AvgIpc) is 3.32. The predicted octanol–water partition coefficient (Wildman–Crippen LogP) is 4.73. The fourth-order valence-corrected chi connectivity index (χ4v) is 4.32. The molecule has 2 saturated carbocycles. The molecular weight excluding hydrogens is 328 g/mol. The van der Waals surface area contributed by atoms with E-state index in [2.05, 4.69) is 20.8 Å². The van der Waals surface area contributed by atoms with Crippen LogP contribution in [0.25, 0.3) is 0 Å². The molecule has 2 heterocycles. The van der Waals surface area contributed by atoms with Crippen molar-refractivity contribution in [2.75, 3.05) is 10.6 Å². The Morgan fingerprint density at radius 2 is 1.19 bits per heavy atom. The van der Waals surface area contributed by atoms with Crippen LogP contribution >= 0.6 is 0 Å². The van der Waals surface area contributed by atoms with E-state index in [1.54, 1.807) is 12.4 Å². The van der Waals surface area contributed by atoms with Gasteiger partial charge in [0.25, 0.3) is 0 Å². The van der Waals surface area contributed by atoms with Crippen LogP contribution in [0.15, 0.2) is 24.5 Å². The number of carbonyl (C=O) groups excluding carboxylic acids is 1. The highest BCUT2D eigenvalue weighted by molar-refractivity contribution is 5.98. The Hall–Kier alpha value is -2.31. The van der Waals surface area contributed by atoms with Gasteiger partial charge in [-0.15, -0.1) is 0 Å². The Balaban J connectivity index is 1.41. The zero-order valence-electron chi connectivity index (χ0n) is 15.2. The smallest absolute Gasteiger partial charge is 0.292 e. The summed E-state index contributed by atoms with van der Waals surface area (Å²) < 4.78 is 3.94. The second kappa shape index (κ2) is 7.93. The molecule has 0 atom stereocenters. The summed E-state index contributed by atoms with van der Waals surface area (Å²) in [4.78, 5) is 12.5. The third kappa shape index (κ3) is 3.76. The van der Waals surface area contributed by atoms with Gasteiger partial charge >= 0.3 is 6.03 Å². The summed E-state index contributed by atoms with van der Waals surface area (Å²) in [5, 5.41) is 14.8. The van der Waals surface area contributed by atoms with E-state index in [0.29, 0.717) is 12.1 Å². The second-order valence-corrected chi connectivity index (χ2v) is 7.48. The Kier molecular flexibility index (Phi) is 5.22. The molecule has 2 aliphatic rings. The topological polar surface area (TPSA) is 76.8 Å². The van der Waals surface area contributed by atoms with E-state index >= 15 is 0 Å². The summed E-state index contributed by atoms with van der Waals surface area (Å²) >= 11 is 0. The molecule has 2 aromatic heterocycles. The number of carbonyl (C=O) groups is 1. The van der Waals surface area contributed by atoms with Crippen molar-refractivity contribution in [2.45, 2.75) is 76.3 Å². The first kappa shape index (κ1) is 17.1. The first-order valence-electron chi connectivity index (χ1n) is 9.96. The van der Waals surface area contributed by atoms with E-state index in [4.69, 9.17) is 0 Å². The Bertz CT molecular complexity index is 664. The average molecular weight is 356 g/mol. The fraction of sp³-hybridized carbons (Fsp3) is 0.632. The molecule has 4 rings (SSSR count). The van der Waals surface area contributed by atoms with Gasteiger partial charge in [0.05, 0.1) is 24.5 Å². The maximum absolute atomic E-state index is 12.5. The van der Waals surface area contributed by atoms with Crippen molar-refractivity contribution in [3.05, 3.63) is 24.5 Å². The largest absolute Gasteiger partial charge is 0.326 e. The lowest BCUT2D eigenvalue weighted by Crippen LogP contribution is -2.26. The fourth-order valence-electron chi connectivity index (χ4n) is 4.32. The predicted molar refractivity (Wildman–Crippen MR) is 101 cm³/mol. The number of nitrogens with one attached hydrogen (secondary N) is 2. The van der Waals surface area contributed by atoms with E-state index in [9.17, 15) is 4.79 Å². The van der Waals surface area contributed by atoms with Crippen LogP contribution in [0.3, 0.4) is 0 Å². The van der Waals surface area contributed by atoms with Crippen LogP contribution in [-0.2, 0) is 0 Å². The van der Waals surface area contributed by atoms with E-state index in [0.717, 1.165) is 37.3 Å². The van der Waals surface area contributed by atoms with Gasteiger partial charge in [-0.3, -0.25) is 10.6 Å². The molecule has 2 N–H and O–H groups in total. The standard InChI is InChI=1S/C19H28N6O/c26-19(22-17-11-13-20-24(17)15-7-3-1-4-8-15)23-18-12-14-21-25(18)16-9-5-2-6-10-16/h11-16H,1-10H2,(H2,22,23,26). The van der Waals surface area contributed by atoms with E-state index in [-0.39, 0.29) is 6.03 Å². The Morgan fingerprint density at radius 1 is 0.769 bits per heavy atom. The maximum Gasteiger partial charge on any atom is 0.326 e. The normalized spacial score (nSPS) is 19.4. The molecule has 140 valence electrons. The lowest BCUT2D eigenvalue weighted by atomic mass is 9.96. The molecule has 0 bridgehead atoms. The van der Waals surface area contributed by atoms with Crippen LogP contribution in [0.4, 0.5) is 16.4 Å². The summed E-state index contributed by atoms with van der Waals surface area (Å²) in [6, 6.07) is 4.28. The Morgan fingerprint density at radius 3 is 1.62 bits per heavy atom. The minimum absolute atomic E-state index is 0.236. The summed E-state index contributed by atoms with van der Waals surface area (Å²) in [5.74, 6) is 1.52. The number of nitrogens with zero attached hydrogens (tertiary/aromatic N) is 4. The van der Waals surface area contributed by atoms with E-state index in [1.165, 1.54) is 38.5 Å². The molecule has 0 spiro atoms. The van der Waals surface area contributed by atoms with Gasteiger partial charge in [0.2, 0.25) is 0 Å². The molecule has 2 amide bonds. The zero-order chi connectivity index (χ0) is 17.8. The van der Waals surface area contributed by atoms with Crippen molar-refractivity contribution in [1.82, 2.24) is 19.6 Å². The van der Waals surface area contributed by atoms with Crippen LogP contribution in [0, 0.1) is 0 Å². The molecule has 0 unspecified atom stereocenters. The molecule has 0 aliphatic heterocycles. The molecule has 7 heteroatoms. The minimum Gasteiger partial charge on any atom is -0.292 e. The van der Waals surface area contributed by atoms with E-state index in [1.807, 2.05) is 21.5 Å². The third-order valence-corrected chi connectivity index (χ3v) is 5.66. The van der Waals surface area contributed by atoms with Crippen molar-refractivity contribution in [3.8, 4) is 0 Å². The maximum atomic E-state index is 12.5. The first-order valence-corrected chi connectivity index (χ1v) is 9.96. The number of amides is 2. The molecule has 7 nitrogen and oxygen atoms in total. The van der Waals surface area contributed by atoms with Crippen molar-refractivity contribution in [2.24, 2.45) is 0 Å². The Labute approximate surface area is 154 Å². The van der Waals surface area contributed by atoms with Gasteiger partial charge in [-0.2, -0.15) is 10.2 Å². The lowest BCUT2D eigenvalue weighted by molar-refractivity contribution is 0.261.